The third-order valence-corrected chi connectivity index (χ3v) is 4.16. The molecule has 0 radical (unpaired) electrons. The Morgan fingerprint density at radius 1 is 1.00 bits per heavy atom. The Kier molecular flexibility index (Phi) is 6.57. The predicted octanol–water partition coefficient (Wildman–Crippen LogP) is 4.47. The van der Waals surface area contributed by atoms with Gasteiger partial charge in [0.15, 0.2) is 0 Å². The lowest BCUT2D eigenvalue weighted by atomic mass is 10.1. The molecule has 3 rings (SSSR count). The molecule has 0 atom stereocenters. The van der Waals surface area contributed by atoms with Gasteiger partial charge in [-0.2, -0.15) is 0 Å². The van der Waals surface area contributed by atoms with E-state index in [4.69, 9.17) is 9.47 Å². The smallest absolute Gasteiger partial charge is 0.251 e. The highest BCUT2D eigenvalue weighted by Crippen LogP contribution is 2.24. The van der Waals surface area contributed by atoms with E-state index in [1.807, 2.05) is 36.4 Å². The number of methoxy groups -OCH3 is 1. The summed E-state index contributed by atoms with van der Waals surface area (Å²) in [5.74, 6) is 1.71. The molecule has 0 aliphatic carbocycles. The van der Waals surface area contributed by atoms with Gasteiger partial charge in [-0.25, -0.2) is 0 Å². The van der Waals surface area contributed by atoms with Gasteiger partial charge in [-0.15, -0.1) is 10.2 Å². The number of rotatable bonds is 8. The molecule has 0 fully saturated rings. The first-order chi connectivity index (χ1) is 13.7. The summed E-state index contributed by atoms with van der Waals surface area (Å²) in [7, 11) is 1.61. The lowest BCUT2D eigenvalue weighted by Crippen LogP contribution is -2.24. The van der Waals surface area contributed by atoms with Crippen molar-refractivity contribution in [2.24, 2.45) is 0 Å². The minimum Gasteiger partial charge on any atom is -0.497 e. The van der Waals surface area contributed by atoms with E-state index in [-0.39, 0.29) is 5.91 Å². The van der Waals surface area contributed by atoms with E-state index in [9.17, 15) is 4.79 Å². The highest BCUT2D eigenvalue weighted by molar-refractivity contribution is 5.95. The summed E-state index contributed by atoms with van der Waals surface area (Å²) < 4.78 is 10.8. The molecule has 144 valence electrons. The van der Waals surface area contributed by atoms with Gasteiger partial charge in [0.05, 0.1) is 12.8 Å². The number of carbonyl (C=O) groups is 1. The summed E-state index contributed by atoms with van der Waals surface area (Å²) >= 11 is 0. The van der Waals surface area contributed by atoms with Crippen molar-refractivity contribution < 1.29 is 14.3 Å². The van der Waals surface area contributed by atoms with Gasteiger partial charge in [0, 0.05) is 23.7 Å². The van der Waals surface area contributed by atoms with Crippen molar-refractivity contribution >= 4 is 5.91 Å². The number of hydrogen-bond acceptors (Lipinski definition) is 5. The molecular formula is C22H23N3O3. The van der Waals surface area contributed by atoms with E-state index in [0.717, 1.165) is 24.2 Å². The number of aromatic nitrogens is 2. The van der Waals surface area contributed by atoms with Crippen molar-refractivity contribution in [3.63, 3.8) is 0 Å². The molecule has 2 aromatic carbocycles. The average Bonchev–Trinajstić information content (AvgIpc) is 2.75. The summed E-state index contributed by atoms with van der Waals surface area (Å²) in [6.07, 6.45) is 2.01. The van der Waals surface area contributed by atoms with E-state index in [1.165, 1.54) is 0 Å². The number of nitrogens with one attached hydrogen (secondary N) is 1. The Labute approximate surface area is 164 Å². The number of benzene rings is 2. The third kappa shape index (κ3) is 5.07. The second kappa shape index (κ2) is 9.50. The maximum atomic E-state index is 12.2. The number of nitrogens with zero attached hydrogens (tertiary/aromatic N) is 2. The minimum absolute atomic E-state index is 0.0808. The topological polar surface area (TPSA) is 73.3 Å². The zero-order chi connectivity index (χ0) is 19.8. The van der Waals surface area contributed by atoms with Crippen LogP contribution < -0.4 is 14.8 Å². The molecule has 3 aromatic rings. The number of carbonyl (C=O) groups excluding carboxylic acids is 1. The van der Waals surface area contributed by atoms with Crippen molar-refractivity contribution in [1.29, 1.82) is 0 Å². The molecule has 0 aliphatic heterocycles. The van der Waals surface area contributed by atoms with Gasteiger partial charge in [0.2, 0.25) is 5.88 Å². The largest absolute Gasteiger partial charge is 0.497 e. The maximum absolute atomic E-state index is 12.2. The molecule has 0 aliphatic rings. The highest BCUT2D eigenvalue weighted by atomic mass is 16.5. The molecule has 1 heterocycles. The molecule has 1 N–H and O–H groups in total. The predicted molar refractivity (Wildman–Crippen MR) is 108 cm³/mol. The van der Waals surface area contributed by atoms with Crippen LogP contribution in [0.4, 0.5) is 0 Å². The van der Waals surface area contributed by atoms with Crippen molar-refractivity contribution in [3.05, 3.63) is 66.2 Å². The van der Waals surface area contributed by atoms with Crippen LogP contribution in [0.25, 0.3) is 11.3 Å². The van der Waals surface area contributed by atoms with E-state index < -0.39 is 0 Å². The summed E-state index contributed by atoms with van der Waals surface area (Å²) in [5.41, 5.74) is 2.10. The molecule has 0 saturated heterocycles. The standard InChI is InChI=1S/C22H23N3O3/c1-3-4-14-23-22(26)17-7-5-6-16(15-17)20-12-13-21(25-24-20)28-19-10-8-18(27-2)9-11-19/h5-13,15H,3-4,14H2,1-2H3,(H,23,26). The summed E-state index contributed by atoms with van der Waals surface area (Å²) in [6, 6.07) is 18.1. The number of hydrogen-bond donors (Lipinski definition) is 1. The first kappa shape index (κ1) is 19.4. The zero-order valence-electron chi connectivity index (χ0n) is 16.0. The number of amides is 1. The van der Waals surface area contributed by atoms with Crippen LogP contribution in [-0.4, -0.2) is 29.8 Å². The van der Waals surface area contributed by atoms with Crippen molar-refractivity contribution in [1.82, 2.24) is 15.5 Å². The van der Waals surface area contributed by atoms with Gasteiger partial charge in [-0.05, 0) is 48.9 Å². The Morgan fingerprint density at radius 3 is 2.46 bits per heavy atom. The Bertz CT molecular complexity index is 909. The molecule has 28 heavy (non-hydrogen) atoms. The van der Waals surface area contributed by atoms with E-state index >= 15 is 0 Å². The first-order valence-electron chi connectivity index (χ1n) is 9.24. The van der Waals surface area contributed by atoms with Crippen molar-refractivity contribution in [2.45, 2.75) is 19.8 Å². The Morgan fingerprint density at radius 2 is 1.79 bits per heavy atom. The molecule has 0 spiro atoms. The van der Waals surface area contributed by atoms with Gasteiger partial charge in [0.25, 0.3) is 5.91 Å². The Hall–Kier alpha value is -3.41. The Balaban J connectivity index is 1.68. The lowest BCUT2D eigenvalue weighted by Gasteiger charge is -2.07. The van der Waals surface area contributed by atoms with Crippen LogP contribution in [0.15, 0.2) is 60.7 Å². The van der Waals surface area contributed by atoms with Gasteiger partial charge in [0.1, 0.15) is 11.5 Å². The summed E-state index contributed by atoms with van der Waals surface area (Å²) in [4.78, 5) is 12.2. The number of unbranched alkanes of at least 4 members (excludes halogenated alkanes) is 1. The van der Waals surface area contributed by atoms with Gasteiger partial charge in [-0.3, -0.25) is 4.79 Å². The molecule has 0 unspecified atom stereocenters. The molecule has 0 saturated carbocycles. The van der Waals surface area contributed by atoms with Gasteiger partial charge >= 0.3 is 0 Å². The quantitative estimate of drug-likeness (QED) is 0.586. The van der Waals surface area contributed by atoms with E-state index in [1.54, 1.807) is 31.4 Å². The number of ether oxygens (including phenoxy) is 2. The third-order valence-electron chi connectivity index (χ3n) is 4.16. The first-order valence-corrected chi connectivity index (χ1v) is 9.24. The molecule has 6 heteroatoms. The second-order valence-electron chi connectivity index (χ2n) is 6.22. The summed E-state index contributed by atoms with van der Waals surface area (Å²) in [6.45, 7) is 2.77. The van der Waals surface area contributed by atoms with Crippen molar-refractivity contribution in [2.75, 3.05) is 13.7 Å². The summed E-state index contributed by atoms with van der Waals surface area (Å²) in [5, 5.41) is 11.3. The van der Waals surface area contributed by atoms with E-state index in [2.05, 4.69) is 22.4 Å². The molecule has 1 amide bonds. The van der Waals surface area contributed by atoms with Crippen LogP contribution in [-0.2, 0) is 0 Å². The average molecular weight is 377 g/mol. The van der Waals surface area contributed by atoms with Crippen LogP contribution in [0, 0.1) is 0 Å². The molecule has 6 nitrogen and oxygen atoms in total. The van der Waals surface area contributed by atoms with Crippen molar-refractivity contribution in [3.8, 4) is 28.6 Å². The van der Waals surface area contributed by atoms with Crippen LogP contribution >= 0.6 is 0 Å². The second-order valence-corrected chi connectivity index (χ2v) is 6.22. The van der Waals surface area contributed by atoms with Crippen LogP contribution in [0.1, 0.15) is 30.1 Å². The zero-order valence-corrected chi connectivity index (χ0v) is 16.0. The maximum Gasteiger partial charge on any atom is 0.251 e. The fourth-order valence-corrected chi connectivity index (χ4v) is 2.59. The van der Waals surface area contributed by atoms with Crippen LogP contribution in [0.2, 0.25) is 0 Å². The van der Waals surface area contributed by atoms with Gasteiger partial charge in [-0.1, -0.05) is 25.5 Å². The monoisotopic (exact) mass is 377 g/mol. The SMILES string of the molecule is CCCCNC(=O)c1cccc(-c2ccc(Oc3ccc(OC)cc3)nn2)c1. The van der Waals surface area contributed by atoms with E-state index in [0.29, 0.717) is 29.4 Å². The van der Waals surface area contributed by atoms with Crippen LogP contribution in [0.5, 0.6) is 17.4 Å². The molecule has 1 aromatic heterocycles. The fourth-order valence-electron chi connectivity index (χ4n) is 2.59. The van der Waals surface area contributed by atoms with Crippen LogP contribution in [0.3, 0.4) is 0 Å². The fraction of sp³-hybridized carbons (Fsp3) is 0.227. The molecule has 0 bridgehead atoms. The van der Waals surface area contributed by atoms with Gasteiger partial charge < -0.3 is 14.8 Å². The normalized spacial score (nSPS) is 10.4. The lowest BCUT2D eigenvalue weighted by molar-refractivity contribution is 0.0953. The highest BCUT2D eigenvalue weighted by Gasteiger charge is 2.08. The minimum atomic E-state index is -0.0808. The molecular weight excluding hydrogens is 354 g/mol.